The molecule has 4 nitrogen and oxygen atoms in total. The summed E-state index contributed by atoms with van der Waals surface area (Å²) in [6.45, 7) is 0. The van der Waals surface area contributed by atoms with E-state index in [1.54, 1.807) is 24.5 Å². The lowest BCUT2D eigenvalue weighted by molar-refractivity contribution is -0.137. The Morgan fingerprint density at radius 3 is 2.57 bits per heavy atom. The van der Waals surface area contributed by atoms with Gasteiger partial charge in [0, 0.05) is 18.0 Å². The Balaban J connectivity index is 2.06. The lowest BCUT2D eigenvalue weighted by Gasteiger charge is -2.07. The summed E-state index contributed by atoms with van der Waals surface area (Å²) in [5.41, 5.74) is 1.88. The van der Waals surface area contributed by atoms with Gasteiger partial charge in [-0.25, -0.2) is 5.43 Å². The number of carbonyl (C=O) groups excluding carboxylic acids is 1. The van der Waals surface area contributed by atoms with Crippen molar-refractivity contribution in [3.8, 4) is 0 Å². The smallest absolute Gasteiger partial charge is 0.267 e. The van der Waals surface area contributed by atoms with Crippen LogP contribution in [-0.4, -0.2) is 17.1 Å². The highest BCUT2D eigenvalue weighted by Crippen LogP contribution is 2.29. The maximum atomic E-state index is 12.5. The summed E-state index contributed by atoms with van der Waals surface area (Å²) in [5, 5.41) is 3.68. The molecule has 1 N–H and O–H groups in total. The van der Waals surface area contributed by atoms with Crippen LogP contribution >= 0.6 is 0 Å². The van der Waals surface area contributed by atoms with Crippen LogP contribution in [0.1, 0.15) is 21.5 Å². The fourth-order valence-electron chi connectivity index (χ4n) is 1.52. The van der Waals surface area contributed by atoms with Crippen LogP contribution in [0.5, 0.6) is 0 Å². The Hall–Kier alpha value is -2.70. The molecule has 0 unspecified atom stereocenters. The van der Waals surface area contributed by atoms with Gasteiger partial charge in [-0.2, -0.15) is 18.3 Å². The first-order chi connectivity index (χ1) is 9.97. The highest BCUT2D eigenvalue weighted by atomic mass is 19.4. The summed E-state index contributed by atoms with van der Waals surface area (Å²) >= 11 is 0. The Morgan fingerprint density at radius 2 is 1.90 bits per heavy atom. The zero-order chi connectivity index (χ0) is 15.3. The molecule has 1 aromatic heterocycles. The molecular weight excluding hydrogens is 283 g/mol. The molecular formula is C14H10F3N3O. The highest BCUT2D eigenvalue weighted by Gasteiger charge is 2.30. The van der Waals surface area contributed by atoms with Crippen LogP contribution in [0, 0.1) is 0 Å². The molecule has 0 saturated heterocycles. The van der Waals surface area contributed by atoms with E-state index in [1.807, 2.05) is 0 Å². The quantitative estimate of drug-likeness (QED) is 0.699. The molecule has 0 spiro atoms. The van der Waals surface area contributed by atoms with E-state index in [1.165, 1.54) is 18.3 Å². The molecule has 1 aromatic carbocycles. The van der Waals surface area contributed by atoms with Crippen molar-refractivity contribution < 1.29 is 18.0 Å². The monoisotopic (exact) mass is 293 g/mol. The molecule has 0 bridgehead atoms. The van der Waals surface area contributed by atoms with Gasteiger partial charge >= 0.3 is 6.18 Å². The molecule has 0 aliphatic carbocycles. The number of hydrogen-bond donors (Lipinski definition) is 1. The summed E-state index contributed by atoms with van der Waals surface area (Å²) in [7, 11) is 0. The average Bonchev–Trinajstić information content (AvgIpc) is 2.47. The van der Waals surface area contributed by atoms with Gasteiger partial charge in [0.25, 0.3) is 5.91 Å². The number of nitrogens with one attached hydrogen (secondary N) is 1. The van der Waals surface area contributed by atoms with Crippen molar-refractivity contribution in [2.75, 3.05) is 0 Å². The molecule has 0 aliphatic heterocycles. The number of pyridine rings is 1. The van der Waals surface area contributed by atoms with Gasteiger partial charge in [0.1, 0.15) is 0 Å². The lowest BCUT2D eigenvalue weighted by atomic mass is 10.1. The fourth-order valence-corrected chi connectivity index (χ4v) is 1.52. The number of aromatic nitrogens is 1. The largest absolute Gasteiger partial charge is 0.416 e. The second kappa shape index (κ2) is 6.17. The number of hydrogen-bond acceptors (Lipinski definition) is 3. The molecule has 1 amide bonds. The van der Waals surface area contributed by atoms with Gasteiger partial charge in [0.15, 0.2) is 0 Å². The molecule has 0 fully saturated rings. The number of hydrazone groups is 1. The molecule has 2 aromatic rings. The molecule has 0 atom stereocenters. The maximum absolute atomic E-state index is 12.5. The van der Waals surface area contributed by atoms with Gasteiger partial charge in [-0.1, -0.05) is 6.07 Å². The minimum atomic E-state index is -4.49. The second-order valence-electron chi connectivity index (χ2n) is 4.06. The third-order valence-corrected chi connectivity index (χ3v) is 2.54. The second-order valence-corrected chi connectivity index (χ2v) is 4.06. The number of rotatable bonds is 3. The van der Waals surface area contributed by atoms with E-state index in [4.69, 9.17) is 0 Å². The van der Waals surface area contributed by atoms with Crippen LogP contribution in [0.4, 0.5) is 13.2 Å². The summed E-state index contributed by atoms with van der Waals surface area (Å²) in [4.78, 5) is 15.5. The van der Waals surface area contributed by atoms with E-state index < -0.39 is 17.6 Å². The summed E-state index contributed by atoms with van der Waals surface area (Å²) in [5.74, 6) is -0.716. The first-order valence-electron chi connectivity index (χ1n) is 5.87. The molecule has 0 radical (unpaired) electrons. The van der Waals surface area contributed by atoms with Crippen molar-refractivity contribution in [2.45, 2.75) is 6.18 Å². The van der Waals surface area contributed by atoms with Crippen molar-refractivity contribution in [3.05, 3.63) is 65.5 Å². The first kappa shape index (κ1) is 14.7. The van der Waals surface area contributed by atoms with E-state index in [-0.39, 0.29) is 5.56 Å². The van der Waals surface area contributed by atoms with Gasteiger partial charge in [0.05, 0.1) is 11.8 Å². The van der Waals surface area contributed by atoms with Crippen LogP contribution in [0.3, 0.4) is 0 Å². The molecule has 1 heterocycles. The van der Waals surface area contributed by atoms with Crippen LogP contribution in [0.25, 0.3) is 0 Å². The van der Waals surface area contributed by atoms with Gasteiger partial charge in [-0.05, 0) is 35.9 Å². The Morgan fingerprint density at radius 1 is 1.19 bits per heavy atom. The number of amides is 1. The number of alkyl halides is 3. The topological polar surface area (TPSA) is 54.4 Å². The summed E-state index contributed by atoms with van der Waals surface area (Å²) < 4.78 is 37.6. The predicted octanol–water partition coefficient (Wildman–Crippen LogP) is 2.86. The van der Waals surface area contributed by atoms with Crippen molar-refractivity contribution in [3.63, 3.8) is 0 Å². The summed E-state index contributed by atoms with van der Waals surface area (Å²) in [6, 6.07) is 7.46. The van der Waals surface area contributed by atoms with E-state index in [9.17, 15) is 18.0 Å². The number of nitrogens with zero attached hydrogens (tertiary/aromatic N) is 2. The molecule has 21 heavy (non-hydrogen) atoms. The van der Waals surface area contributed by atoms with Gasteiger partial charge in [0.2, 0.25) is 0 Å². The highest BCUT2D eigenvalue weighted by molar-refractivity contribution is 5.95. The number of halogens is 3. The van der Waals surface area contributed by atoms with Crippen molar-refractivity contribution in [1.82, 2.24) is 10.4 Å². The zero-order valence-corrected chi connectivity index (χ0v) is 10.6. The van der Waals surface area contributed by atoms with E-state index >= 15 is 0 Å². The minimum absolute atomic E-state index is 0.114. The fraction of sp³-hybridized carbons (Fsp3) is 0.0714. The van der Waals surface area contributed by atoms with Crippen LogP contribution in [-0.2, 0) is 6.18 Å². The Kier molecular flexibility index (Phi) is 4.32. The average molecular weight is 293 g/mol. The van der Waals surface area contributed by atoms with E-state index in [0.29, 0.717) is 5.56 Å². The van der Waals surface area contributed by atoms with Crippen molar-refractivity contribution >= 4 is 12.1 Å². The normalized spacial score (nSPS) is 11.6. The van der Waals surface area contributed by atoms with Crippen molar-refractivity contribution in [1.29, 1.82) is 0 Å². The van der Waals surface area contributed by atoms with Gasteiger partial charge in [-0.3, -0.25) is 9.78 Å². The maximum Gasteiger partial charge on any atom is 0.416 e. The Bertz CT molecular complexity index is 654. The van der Waals surface area contributed by atoms with Gasteiger partial charge < -0.3 is 0 Å². The molecule has 0 saturated carbocycles. The van der Waals surface area contributed by atoms with E-state index in [0.717, 1.165) is 12.1 Å². The third kappa shape index (κ3) is 4.13. The van der Waals surface area contributed by atoms with E-state index in [2.05, 4.69) is 15.5 Å². The van der Waals surface area contributed by atoms with Crippen LogP contribution in [0.2, 0.25) is 0 Å². The number of carbonyl (C=O) groups is 1. The summed E-state index contributed by atoms with van der Waals surface area (Å²) in [6.07, 6.45) is -0.0181. The molecule has 7 heteroatoms. The lowest BCUT2D eigenvalue weighted by Crippen LogP contribution is -2.18. The SMILES string of the molecule is O=C(NN=Cc1ccncc1)c1cccc(C(F)(F)F)c1. The predicted molar refractivity (Wildman–Crippen MR) is 70.7 cm³/mol. The van der Waals surface area contributed by atoms with Crippen LogP contribution < -0.4 is 5.43 Å². The molecule has 0 aliphatic rings. The third-order valence-electron chi connectivity index (χ3n) is 2.54. The Labute approximate surface area is 118 Å². The first-order valence-corrected chi connectivity index (χ1v) is 5.87. The molecule has 2 rings (SSSR count). The molecule has 108 valence electrons. The van der Waals surface area contributed by atoms with Crippen LogP contribution in [0.15, 0.2) is 53.9 Å². The van der Waals surface area contributed by atoms with Gasteiger partial charge in [-0.15, -0.1) is 0 Å². The standard InChI is InChI=1S/C14H10F3N3O/c15-14(16,17)12-3-1-2-11(8-12)13(21)20-19-9-10-4-6-18-7-5-10/h1-9H,(H,20,21). The zero-order valence-electron chi connectivity index (χ0n) is 10.6. The number of benzene rings is 1. The minimum Gasteiger partial charge on any atom is -0.267 e. The van der Waals surface area contributed by atoms with Crippen molar-refractivity contribution in [2.24, 2.45) is 5.10 Å².